The topological polar surface area (TPSA) is 152 Å². The van der Waals surface area contributed by atoms with Crippen molar-refractivity contribution in [2.24, 2.45) is 5.92 Å². The van der Waals surface area contributed by atoms with E-state index in [4.69, 9.17) is 19.3 Å². The first-order valence-electron chi connectivity index (χ1n) is 17.7. The second-order valence-corrected chi connectivity index (χ2v) is 13.8. The number of cyclic esters (lactones) is 1. The lowest BCUT2D eigenvalue weighted by atomic mass is 9.98. The van der Waals surface area contributed by atoms with Crippen LogP contribution in [0, 0.1) is 5.92 Å². The summed E-state index contributed by atoms with van der Waals surface area (Å²) in [5, 5.41) is 17.4. The summed E-state index contributed by atoms with van der Waals surface area (Å²) in [5.41, 5.74) is 5.53. The number of carbonyl (C=O) groups excluding carboxylic acids is 4. The van der Waals surface area contributed by atoms with E-state index in [-0.39, 0.29) is 70.2 Å². The van der Waals surface area contributed by atoms with Crippen LogP contribution >= 0.6 is 11.8 Å². The first-order chi connectivity index (χ1) is 25.4. The Balaban J connectivity index is 1.22. The molecule has 0 fully saturated rings. The molecule has 1 aliphatic carbocycles. The maximum atomic E-state index is 13.5. The SMILES string of the molecule is O=C(C[C@H]1CC=CCC[C@H](NC(=O)OCC2c3ccccc3-c3ccccc32)C(=O)OC[C@H](CSCc2ccccc2)NC1=O)NCCOCCO. The number of carbonyl (C=O) groups is 4. The highest BCUT2D eigenvalue weighted by atomic mass is 32.2. The number of fused-ring (bicyclic) bond motifs is 3. The normalized spacial score (nSPS) is 19.1. The van der Waals surface area contributed by atoms with Gasteiger partial charge in [0.25, 0.3) is 0 Å². The average molecular weight is 730 g/mol. The van der Waals surface area contributed by atoms with Crippen molar-refractivity contribution >= 4 is 35.6 Å². The number of allylic oxidation sites excluding steroid dienone is 2. The summed E-state index contributed by atoms with van der Waals surface area (Å²) < 4.78 is 16.7. The number of hydrogen-bond donors (Lipinski definition) is 4. The zero-order valence-electron chi connectivity index (χ0n) is 29.2. The van der Waals surface area contributed by atoms with Crippen LogP contribution < -0.4 is 16.0 Å². The van der Waals surface area contributed by atoms with Gasteiger partial charge in [0.1, 0.15) is 19.3 Å². The van der Waals surface area contributed by atoms with Crippen LogP contribution in [0.3, 0.4) is 0 Å². The molecule has 3 atom stereocenters. The lowest BCUT2D eigenvalue weighted by Gasteiger charge is -2.23. The smallest absolute Gasteiger partial charge is 0.407 e. The van der Waals surface area contributed by atoms with Crippen LogP contribution in [-0.4, -0.2) is 86.4 Å². The van der Waals surface area contributed by atoms with E-state index in [1.54, 1.807) is 11.8 Å². The molecule has 0 saturated carbocycles. The predicted octanol–water partition coefficient (Wildman–Crippen LogP) is 4.73. The van der Waals surface area contributed by atoms with Crippen molar-refractivity contribution in [1.82, 2.24) is 16.0 Å². The maximum absolute atomic E-state index is 13.5. The first kappa shape index (κ1) is 38.6. The van der Waals surface area contributed by atoms with Crippen molar-refractivity contribution < 1.29 is 38.5 Å². The summed E-state index contributed by atoms with van der Waals surface area (Å²) in [6.07, 6.45) is 3.90. The Labute approximate surface area is 308 Å². The third-order valence-corrected chi connectivity index (χ3v) is 10.1. The van der Waals surface area contributed by atoms with Crippen molar-refractivity contribution in [3.63, 3.8) is 0 Å². The monoisotopic (exact) mass is 729 g/mol. The summed E-state index contributed by atoms with van der Waals surface area (Å²) in [6, 6.07) is 24.5. The number of aliphatic hydroxyl groups is 1. The Morgan fingerprint density at radius 3 is 2.37 bits per heavy atom. The van der Waals surface area contributed by atoms with Crippen LogP contribution in [-0.2, 0) is 34.3 Å². The van der Waals surface area contributed by atoms with Crippen molar-refractivity contribution in [1.29, 1.82) is 0 Å². The lowest BCUT2D eigenvalue weighted by Crippen LogP contribution is -2.47. The highest BCUT2D eigenvalue weighted by Gasteiger charge is 2.31. The number of aliphatic hydroxyl groups excluding tert-OH is 1. The van der Waals surface area contributed by atoms with Gasteiger partial charge in [-0.3, -0.25) is 9.59 Å². The molecular formula is C40H47N3O8S. The number of ether oxygens (including phenoxy) is 3. The van der Waals surface area contributed by atoms with Gasteiger partial charge in [0.05, 0.1) is 31.8 Å². The number of amides is 3. The van der Waals surface area contributed by atoms with E-state index in [2.05, 4.69) is 28.1 Å². The van der Waals surface area contributed by atoms with E-state index < -0.39 is 30.1 Å². The second-order valence-electron chi connectivity index (χ2n) is 12.7. The van der Waals surface area contributed by atoms with Gasteiger partial charge in [-0.1, -0.05) is 91.0 Å². The van der Waals surface area contributed by atoms with E-state index in [0.717, 1.165) is 27.8 Å². The highest BCUT2D eigenvalue weighted by Crippen LogP contribution is 2.44. The van der Waals surface area contributed by atoms with Gasteiger partial charge < -0.3 is 35.3 Å². The molecule has 0 unspecified atom stereocenters. The molecular weight excluding hydrogens is 683 g/mol. The maximum Gasteiger partial charge on any atom is 0.407 e. The van der Waals surface area contributed by atoms with Crippen molar-refractivity contribution in [3.8, 4) is 11.1 Å². The lowest BCUT2D eigenvalue weighted by molar-refractivity contribution is -0.147. The molecule has 5 rings (SSSR count). The summed E-state index contributed by atoms with van der Waals surface area (Å²) in [6.45, 7) is 0.593. The minimum absolute atomic E-state index is 0.0359. The third-order valence-electron chi connectivity index (χ3n) is 8.94. The molecule has 2 aliphatic rings. The molecule has 11 nitrogen and oxygen atoms in total. The van der Waals surface area contributed by atoms with Gasteiger partial charge in [-0.05, 0) is 47.1 Å². The predicted molar refractivity (Wildman–Crippen MR) is 199 cm³/mol. The molecule has 0 saturated heterocycles. The van der Waals surface area contributed by atoms with E-state index >= 15 is 0 Å². The number of benzene rings is 3. The first-order valence-corrected chi connectivity index (χ1v) is 18.9. The van der Waals surface area contributed by atoms with Crippen LogP contribution in [0.4, 0.5) is 4.79 Å². The van der Waals surface area contributed by atoms with Gasteiger partial charge in [0.15, 0.2) is 0 Å². The van der Waals surface area contributed by atoms with E-state index in [9.17, 15) is 19.2 Å². The van der Waals surface area contributed by atoms with Gasteiger partial charge in [-0.2, -0.15) is 11.8 Å². The molecule has 4 N–H and O–H groups in total. The summed E-state index contributed by atoms with van der Waals surface area (Å²) >= 11 is 1.59. The fourth-order valence-corrected chi connectivity index (χ4v) is 7.32. The molecule has 3 amide bonds. The third kappa shape index (κ3) is 11.4. The number of thioether (sulfide) groups is 1. The standard InChI is InChI=1S/C40H47N3O8S/c44-20-22-49-21-19-41-37(45)23-29-13-5-2-6-18-36(39(47)50-24-30(42-38(29)46)27-52-26-28-11-3-1-4-12-28)43-40(48)51-25-35-33-16-9-7-14-31(33)32-15-8-10-17-34(32)35/h1-5,7-12,14-17,29-30,35-36,44H,6,13,18-27H2,(H,41,45)(H,42,46)(H,43,48)/t29-,30-,36+/m1/s1. The number of nitrogens with one attached hydrogen (secondary N) is 3. The molecule has 0 spiro atoms. The zero-order chi connectivity index (χ0) is 36.5. The summed E-state index contributed by atoms with van der Waals surface area (Å²) in [4.78, 5) is 52.8. The van der Waals surface area contributed by atoms with Crippen LogP contribution in [0.5, 0.6) is 0 Å². The molecule has 0 bridgehead atoms. The Morgan fingerprint density at radius 2 is 1.63 bits per heavy atom. The van der Waals surface area contributed by atoms with Crippen LogP contribution in [0.1, 0.15) is 48.3 Å². The van der Waals surface area contributed by atoms with E-state index in [1.165, 1.54) is 0 Å². The number of alkyl carbamates (subject to hydrolysis) is 1. The zero-order valence-corrected chi connectivity index (χ0v) is 30.0. The van der Waals surface area contributed by atoms with Gasteiger partial charge in [-0.15, -0.1) is 0 Å². The van der Waals surface area contributed by atoms with Crippen LogP contribution in [0.2, 0.25) is 0 Å². The number of esters is 1. The largest absolute Gasteiger partial charge is 0.462 e. The number of hydrogen-bond acceptors (Lipinski definition) is 9. The molecule has 3 aromatic rings. The molecule has 12 heteroatoms. The number of rotatable bonds is 14. The van der Waals surface area contributed by atoms with Gasteiger partial charge in [0.2, 0.25) is 11.8 Å². The van der Waals surface area contributed by atoms with E-state index in [0.29, 0.717) is 24.3 Å². The Bertz CT molecular complexity index is 1620. The Hall–Kier alpha value is -4.65. The van der Waals surface area contributed by atoms with E-state index in [1.807, 2.05) is 78.9 Å². The van der Waals surface area contributed by atoms with Gasteiger partial charge in [0, 0.05) is 30.4 Å². The van der Waals surface area contributed by atoms with Crippen LogP contribution in [0.15, 0.2) is 91.0 Å². The molecule has 3 aromatic carbocycles. The fourth-order valence-electron chi connectivity index (χ4n) is 6.31. The van der Waals surface area contributed by atoms with Crippen LogP contribution in [0.25, 0.3) is 11.1 Å². The molecule has 0 radical (unpaired) electrons. The molecule has 52 heavy (non-hydrogen) atoms. The second kappa shape index (κ2) is 20.4. The Kier molecular flexibility index (Phi) is 15.1. The summed E-state index contributed by atoms with van der Waals surface area (Å²) in [7, 11) is 0. The molecule has 1 heterocycles. The fraction of sp³-hybridized carbons (Fsp3) is 0.400. The average Bonchev–Trinajstić information content (AvgIpc) is 3.48. The quantitative estimate of drug-likeness (QED) is 0.105. The Morgan fingerprint density at radius 1 is 0.923 bits per heavy atom. The van der Waals surface area contributed by atoms with Gasteiger partial charge >= 0.3 is 12.1 Å². The summed E-state index contributed by atoms with van der Waals surface area (Å²) in [5.74, 6) is -0.852. The molecule has 276 valence electrons. The van der Waals surface area contributed by atoms with Gasteiger partial charge in [-0.25, -0.2) is 9.59 Å². The minimum atomic E-state index is -0.969. The van der Waals surface area contributed by atoms with Crippen molar-refractivity contribution in [2.45, 2.75) is 49.4 Å². The molecule has 0 aromatic heterocycles. The molecule has 1 aliphatic heterocycles. The highest BCUT2D eigenvalue weighted by molar-refractivity contribution is 7.98. The van der Waals surface area contributed by atoms with Crippen molar-refractivity contribution in [3.05, 3.63) is 108 Å². The van der Waals surface area contributed by atoms with Crippen molar-refractivity contribution in [2.75, 3.05) is 45.3 Å². The minimum Gasteiger partial charge on any atom is -0.462 e.